The van der Waals surface area contributed by atoms with E-state index in [4.69, 9.17) is 5.26 Å². The van der Waals surface area contributed by atoms with Crippen LogP contribution in [0, 0.1) is 32.1 Å². The zero-order valence-electron chi connectivity index (χ0n) is 14.7. The molecule has 2 rings (SSSR count). The summed E-state index contributed by atoms with van der Waals surface area (Å²) in [5.74, 6) is -0.0600. The molecule has 1 aromatic carbocycles. The van der Waals surface area contributed by atoms with Crippen LogP contribution in [-0.2, 0) is 11.2 Å². The Morgan fingerprint density at radius 2 is 1.96 bits per heavy atom. The first-order valence-corrected chi connectivity index (χ1v) is 8.88. The molecular weight excluding hydrogens is 336 g/mol. The summed E-state index contributed by atoms with van der Waals surface area (Å²) in [4.78, 5) is 30.9. The topological polar surface area (TPSA) is 98.6 Å². The Kier molecular flexibility index (Phi) is 5.99. The van der Waals surface area contributed by atoms with Gasteiger partial charge in [-0.05, 0) is 38.3 Å². The Bertz CT molecular complexity index is 889. The molecule has 0 atom stereocenters. The molecule has 1 aromatic heterocycles. The van der Waals surface area contributed by atoms with E-state index >= 15 is 0 Å². The molecule has 0 radical (unpaired) electrons. The molecule has 0 spiro atoms. The highest BCUT2D eigenvalue weighted by atomic mass is 32.2. The molecule has 0 aliphatic carbocycles. The van der Waals surface area contributed by atoms with Crippen LogP contribution in [0.5, 0.6) is 0 Å². The van der Waals surface area contributed by atoms with Crippen molar-refractivity contribution in [3.05, 3.63) is 50.4 Å². The SMILES string of the molecule is CCc1nc(SCC(=O)Nc2c(C)cc(C)cc2C)[nH]c(=O)c1C#N. The fourth-order valence-corrected chi connectivity index (χ4v) is 3.30. The van der Waals surface area contributed by atoms with Crippen molar-refractivity contribution in [2.24, 2.45) is 0 Å². The van der Waals surface area contributed by atoms with Gasteiger partial charge in [0.15, 0.2) is 5.16 Å². The van der Waals surface area contributed by atoms with Crippen LogP contribution in [0.4, 0.5) is 5.69 Å². The summed E-state index contributed by atoms with van der Waals surface area (Å²) < 4.78 is 0. The molecule has 0 aliphatic rings. The van der Waals surface area contributed by atoms with E-state index in [0.717, 1.165) is 34.1 Å². The van der Waals surface area contributed by atoms with Crippen molar-refractivity contribution in [1.29, 1.82) is 5.26 Å². The van der Waals surface area contributed by atoms with Crippen molar-refractivity contribution in [3.63, 3.8) is 0 Å². The monoisotopic (exact) mass is 356 g/mol. The summed E-state index contributed by atoms with van der Waals surface area (Å²) in [6, 6.07) is 5.90. The van der Waals surface area contributed by atoms with Gasteiger partial charge in [-0.25, -0.2) is 4.98 Å². The molecule has 0 unspecified atom stereocenters. The predicted octanol–water partition coefficient (Wildman–Crippen LogP) is 2.86. The minimum Gasteiger partial charge on any atom is -0.325 e. The fraction of sp³-hybridized carbons (Fsp3) is 0.333. The Morgan fingerprint density at radius 1 is 1.32 bits per heavy atom. The first-order valence-electron chi connectivity index (χ1n) is 7.89. The molecule has 6 nitrogen and oxygen atoms in total. The van der Waals surface area contributed by atoms with Crippen LogP contribution in [0.3, 0.4) is 0 Å². The van der Waals surface area contributed by atoms with Crippen molar-refractivity contribution >= 4 is 23.4 Å². The third kappa shape index (κ3) is 4.48. The number of H-pyrrole nitrogens is 1. The van der Waals surface area contributed by atoms with Gasteiger partial charge in [0.05, 0.1) is 11.4 Å². The number of nitrogens with zero attached hydrogens (tertiary/aromatic N) is 2. The highest BCUT2D eigenvalue weighted by molar-refractivity contribution is 7.99. The van der Waals surface area contributed by atoms with E-state index < -0.39 is 5.56 Å². The van der Waals surface area contributed by atoms with E-state index in [2.05, 4.69) is 15.3 Å². The minimum absolute atomic E-state index is 0.0298. The second-order valence-electron chi connectivity index (χ2n) is 5.77. The number of anilines is 1. The number of amides is 1. The number of hydrogen-bond donors (Lipinski definition) is 2. The van der Waals surface area contributed by atoms with Crippen LogP contribution < -0.4 is 10.9 Å². The van der Waals surface area contributed by atoms with Gasteiger partial charge in [-0.3, -0.25) is 9.59 Å². The van der Waals surface area contributed by atoms with Gasteiger partial charge in [0.2, 0.25) is 5.91 Å². The van der Waals surface area contributed by atoms with E-state index in [9.17, 15) is 9.59 Å². The van der Waals surface area contributed by atoms with Crippen molar-refractivity contribution in [2.75, 3.05) is 11.1 Å². The van der Waals surface area contributed by atoms with Gasteiger partial charge in [0.25, 0.3) is 5.56 Å². The quantitative estimate of drug-likeness (QED) is 0.634. The standard InChI is InChI=1S/C18H20N4O2S/c1-5-14-13(8-19)17(24)22-18(20-14)25-9-15(23)21-16-11(3)6-10(2)7-12(16)4/h6-7H,5,9H2,1-4H3,(H,21,23)(H,20,22,24). The Labute approximate surface area is 150 Å². The summed E-state index contributed by atoms with van der Waals surface area (Å²) in [7, 11) is 0. The Hall–Kier alpha value is -2.59. The normalized spacial score (nSPS) is 10.4. The van der Waals surface area contributed by atoms with Crippen molar-refractivity contribution in [3.8, 4) is 6.07 Å². The van der Waals surface area contributed by atoms with Crippen LogP contribution in [0.15, 0.2) is 22.1 Å². The summed E-state index contributed by atoms with van der Waals surface area (Å²) >= 11 is 1.14. The highest BCUT2D eigenvalue weighted by Gasteiger charge is 2.13. The third-order valence-electron chi connectivity index (χ3n) is 3.70. The molecule has 0 aliphatic heterocycles. The zero-order valence-corrected chi connectivity index (χ0v) is 15.5. The van der Waals surface area contributed by atoms with Crippen LogP contribution in [-0.4, -0.2) is 21.6 Å². The third-order valence-corrected chi connectivity index (χ3v) is 4.57. The molecule has 7 heteroatoms. The number of rotatable bonds is 5. The Morgan fingerprint density at radius 3 is 2.52 bits per heavy atom. The average molecular weight is 356 g/mol. The Balaban J connectivity index is 2.10. The minimum atomic E-state index is -0.470. The number of carbonyl (C=O) groups is 1. The van der Waals surface area contributed by atoms with Crippen molar-refractivity contribution < 1.29 is 4.79 Å². The summed E-state index contributed by atoms with van der Waals surface area (Å²) in [5.41, 5.74) is 3.98. The lowest BCUT2D eigenvalue weighted by Crippen LogP contribution is -2.19. The molecule has 0 saturated heterocycles. The molecule has 1 amide bonds. The smallest absolute Gasteiger partial charge is 0.269 e. The lowest BCUT2D eigenvalue weighted by atomic mass is 10.1. The lowest BCUT2D eigenvalue weighted by Gasteiger charge is -2.12. The highest BCUT2D eigenvalue weighted by Crippen LogP contribution is 2.22. The first kappa shape index (κ1) is 18.7. The molecule has 130 valence electrons. The molecule has 1 heterocycles. The van der Waals surface area contributed by atoms with E-state index in [-0.39, 0.29) is 17.2 Å². The largest absolute Gasteiger partial charge is 0.325 e. The van der Waals surface area contributed by atoms with E-state index in [0.29, 0.717) is 17.3 Å². The average Bonchev–Trinajstić information content (AvgIpc) is 2.55. The van der Waals surface area contributed by atoms with Gasteiger partial charge in [-0.2, -0.15) is 5.26 Å². The first-order chi connectivity index (χ1) is 11.8. The number of aryl methyl sites for hydroxylation is 4. The van der Waals surface area contributed by atoms with Gasteiger partial charge < -0.3 is 10.3 Å². The second-order valence-corrected chi connectivity index (χ2v) is 6.73. The number of aromatic amines is 1. The number of aromatic nitrogens is 2. The van der Waals surface area contributed by atoms with Gasteiger partial charge >= 0.3 is 0 Å². The van der Waals surface area contributed by atoms with Gasteiger partial charge in [-0.1, -0.05) is 36.4 Å². The zero-order chi connectivity index (χ0) is 18.6. The molecule has 25 heavy (non-hydrogen) atoms. The van der Waals surface area contributed by atoms with Gasteiger partial charge in [-0.15, -0.1) is 0 Å². The van der Waals surface area contributed by atoms with Gasteiger partial charge in [0.1, 0.15) is 11.6 Å². The molecule has 2 N–H and O–H groups in total. The van der Waals surface area contributed by atoms with Crippen LogP contribution in [0.25, 0.3) is 0 Å². The van der Waals surface area contributed by atoms with E-state index in [1.165, 1.54) is 0 Å². The number of nitriles is 1. The van der Waals surface area contributed by atoms with Crippen molar-refractivity contribution in [2.45, 2.75) is 39.3 Å². The molecule has 0 bridgehead atoms. The number of hydrogen-bond acceptors (Lipinski definition) is 5. The lowest BCUT2D eigenvalue weighted by molar-refractivity contribution is -0.113. The molecular formula is C18H20N4O2S. The number of benzene rings is 1. The summed E-state index contributed by atoms with van der Waals surface area (Å²) in [5, 5.41) is 12.2. The predicted molar refractivity (Wildman–Crippen MR) is 99.0 cm³/mol. The molecule has 0 saturated carbocycles. The number of nitrogens with one attached hydrogen (secondary N) is 2. The maximum Gasteiger partial charge on any atom is 0.269 e. The second kappa shape index (κ2) is 7.99. The molecule has 0 fully saturated rings. The summed E-state index contributed by atoms with van der Waals surface area (Å²) in [6.45, 7) is 7.75. The fourth-order valence-electron chi connectivity index (χ4n) is 2.62. The van der Waals surface area contributed by atoms with Crippen LogP contribution >= 0.6 is 11.8 Å². The maximum atomic E-state index is 12.2. The van der Waals surface area contributed by atoms with Crippen molar-refractivity contribution in [1.82, 2.24) is 9.97 Å². The van der Waals surface area contributed by atoms with Gasteiger partial charge in [0, 0.05) is 5.69 Å². The molecule has 2 aromatic rings. The van der Waals surface area contributed by atoms with E-state index in [1.54, 1.807) is 0 Å². The van der Waals surface area contributed by atoms with E-state index in [1.807, 2.05) is 45.9 Å². The number of carbonyl (C=O) groups excluding carboxylic acids is 1. The number of thioether (sulfide) groups is 1. The van der Waals surface area contributed by atoms with Crippen LogP contribution in [0.1, 0.15) is 34.9 Å². The maximum absolute atomic E-state index is 12.2. The van der Waals surface area contributed by atoms with Crippen LogP contribution in [0.2, 0.25) is 0 Å². The summed E-state index contributed by atoms with van der Waals surface area (Å²) in [6.07, 6.45) is 0.480.